The number of anilines is 1. The summed E-state index contributed by atoms with van der Waals surface area (Å²) in [6, 6.07) is 9.56. The largest absolute Gasteiger partial charge is 0.495 e. The average Bonchev–Trinajstić information content (AvgIpc) is 3.20. The molecule has 27 heavy (non-hydrogen) atoms. The Labute approximate surface area is 161 Å². The summed E-state index contributed by atoms with van der Waals surface area (Å²) in [4.78, 5) is 0.0664. The second-order valence-corrected chi connectivity index (χ2v) is 7.52. The molecule has 0 unspecified atom stereocenters. The van der Waals surface area contributed by atoms with Gasteiger partial charge in [0.25, 0.3) is 0 Å². The normalized spacial score (nSPS) is 11.3. The molecule has 0 fully saturated rings. The molecule has 0 amide bonds. The molecule has 0 aliphatic carbocycles. The SMILES string of the molecule is COc1ccc(S(=O)(=O)NCCNc2ccc(-n3cccn3)nn2)cc1Cl. The summed E-state index contributed by atoms with van der Waals surface area (Å²) < 4.78 is 33.7. The van der Waals surface area contributed by atoms with Gasteiger partial charge in [0.05, 0.1) is 17.0 Å². The fraction of sp³-hybridized carbons (Fsp3) is 0.188. The van der Waals surface area contributed by atoms with Gasteiger partial charge in [-0.1, -0.05) is 11.6 Å². The van der Waals surface area contributed by atoms with Crippen molar-refractivity contribution in [1.82, 2.24) is 24.7 Å². The average molecular weight is 409 g/mol. The van der Waals surface area contributed by atoms with E-state index >= 15 is 0 Å². The van der Waals surface area contributed by atoms with Crippen molar-refractivity contribution in [2.75, 3.05) is 25.5 Å². The Hall–Kier alpha value is -2.69. The van der Waals surface area contributed by atoms with Crippen molar-refractivity contribution in [1.29, 1.82) is 0 Å². The second kappa shape index (κ2) is 8.33. The minimum atomic E-state index is -3.68. The number of methoxy groups -OCH3 is 1. The molecule has 0 aliphatic heterocycles. The molecule has 0 bridgehead atoms. The first-order valence-corrected chi connectivity index (χ1v) is 9.76. The molecule has 9 nitrogen and oxygen atoms in total. The predicted molar refractivity (Wildman–Crippen MR) is 101 cm³/mol. The van der Waals surface area contributed by atoms with E-state index in [-0.39, 0.29) is 16.5 Å². The molecule has 1 aromatic carbocycles. The van der Waals surface area contributed by atoms with E-state index in [0.717, 1.165) is 0 Å². The van der Waals surface area contributed by atoms with Gasteiger partial charge in [-0.2, -0.15) is 5.10 Å². The molecular formula is C16H17ClN6O3S. The lowest BCUT2D eigenvalue weighted by Crippen LogP contribution is -2.29. The predicted octanol–water partition coefficient (Wildman–Crippen LogP) is 1.71. The Morgan fingerprint density at radius 2 is 2.04 bits per heavy atom. The van der Waals surface area contributed by atoms with Gasteiger partial charge in [0.1, 0.15) is 11.6 Å². The van der Waals surface area contributed by atoms with Gasteiger partial charge in [0.2, 0.25) is 10.0 Å². The van der Waals surface area contributed by atoms with Crippen molar-refractivity contribution in [3.63, 3.8) is 0 Å². The highest BCUT2D eigenvalue weighted by Crippen LogP contribution is 2.26. The van der Waals surface area contributed by atoms with Crippen molar-refractivity contribution in [2.24, 2.45) is 0 Å². The van der Waals surface area contributed by atoms with Gasteiger partial charge in [0.15, 0.2) is 5.82 Å². The standard InChI is InChI=1S/C16H17ClN6O3S/c1-26-14-4-3-12(11-13(14)17)27(24,25)20-9-8-18-15-5-6-16(22-21-15)23-10-2-7-19-23/h2-7,10-11,20H,8-9H2,1H3,(H,18,21). The summed E-state index contributed by atoms with van der Waals surface area (Å²) in [5, 5.41) is 15.4. The van der Waals surface area contributed by atoms with Gasteiger partial charge >= 0.3 is 0 Å². The van der Waals surface area contributed by atoms with Crippen LogP contribution in [-0.4, -0.2) is 48.6 Å². The van der Waals surface area contributed by atoms with E-state index < -0.39 is 10.0 Å². The Bertz CT molecular complexity index is 994. The monoisotopic (exact) mass is 408 g/mol. The van der Waals surface area contributed by atoms with Crippen molar-refractivity contribution in [3.05, 3.63) is 53.8 Å². The van der Waals surface area contributed by atoms with E-state index in [1.165, 1.54) is 25.3 Å². The third kappa shape index (κ3) is 4.73. The molecule has 0 saturated heterocycles. The molecule has 0 atom stereocenters. The van der Waals surface area contributed by atoms with Crippen LogP contribution in [0.25, 0.3) is 5.82 Å². The molecule has 2 heterocycles. The van der Waals surface area contributed by atoms with Gasteiger partial charge in [-0.15, -0.1) is 10.2 Å². The van der Waals surface area contributed by atoms with Crippen molar-refractivity contribution in [3.8, 4) is 11.6 Å². The fourth-order valence-corrected chi connectivity index (χ4v) is 3.60. The first kappa shape index (κ1) is 19.1. The van der Waals surface area contributed by atoms with Crippen molar-refractivity contribution in [2.45, 2.75) is 4.90 Å². The van der Waals surface area contributed by atoms with Crippen LogP contribution >= 0.6 is 11.6 Å². The number of hydrogen-bond acceptors (Lipinski definition) is 7. The maximum absolute atomic E-state index is 12.3. The van der Waals surface area contributed by atoms with Gasteiger partial charge in [-0.3, -0.25) is 0 Å². The summed E-state index contributed by atoms with van der Waals surface area (Å²) in [7, 11) is -2.21. The lowest BCUT2D eigenvalue weighted by Gasteiger charge is -2.10. The van der Waals surface area contributed by atoms with Crippen LogP contribution in [0.5, 0.6) is 5.75 Å². The van der Waals surface area contributed by atoms with Crippen LogP contribution in [0, 0.1) is 0 Å². The maximum Gasteiger partial charge on any atom is 0.240 e. The van der Waals surface area contributed by atoms with Gasteiger partial charge in [-0.25, -0.2) is 17.8 Å². The topological polar surface area (TPSA) is 111 Å². The lowest BCUT2D eigenvalue weighted by molar-refractivity contribution is 0.414. The lowest BCUT2D eigenvalue weighted by atomic mass is 10.3. The highest BCUT2D eigenvalue weighted by molar-refractivity contribution is 7.89. The number of nitrogens with one attached hydrogen (secondary N) is 2. The van der Waals surface area contributed by atoms with E-state index in [0.29, 0.717) is 23.9 Å². The second-order valence-electron chi connectivity index (χ2n) is 5.35. The Balaban J connectivity index is 1.52. The molecule has 142 valence electrons. The minimum absolute atomic E-state index is 0.0664. The van der Waals surface area contributed by atoms with Gasteiger partial charge < -0.3 is 10.1 Å². The Kier molecular flexibility index (Phi) is 5.89. The molecular weight excluding hydrogens is 392 g/mol. The molecule has 2 aromatic heterocycles. The van der Waals surface area contributed by atoms with Crippen LogP contribution in [0.2, 0.25) is 5.02 Å². The maximum atomic E-state index is 12.3. The van der Waals surface area contributed by atoms with Crippen molar-refractivity contribution >= 4 is 27.4 Å². The zero-order valence-electron chi connectivity index (χ0n) is 14.3. The molecule has 0 radical (unpaired) electrons. The number of rotatable bonds is 8. The molecule has 11 heteroatoms. The van der Waals surface area contributed by atoms with E-state index in [9.17, 15) is 8.42 Å². The molecule has 3 rings (SSSR count). The van der Waals surface area contributed by atoms with E-state index in [1.807, 2.05) is 0 Å². The zero-order valence-corrected chi connectivity index (χ0v) is 15.9. The van der Waals surface area contributed by atoms with E-state index in [2.05, 4.69) is 25.3 Å². The fourth-order valence-electron chi connectivity index (χ4n) is 2.22. The van der Waals surface area contributed by atoms with Crippen LogP contribution in [0.4, 0.5) is 5.82 Å². The van der Waals surface area contributed by atoms with E-state index in [1.54, 1.807) is 35.3 Å². The summed E-state index contributed by atoms with van der Waals surface area (Å²) in [5.41, 5.74) is 0. The third-order valence-corrected chi connectivity index (χ3v) is 5.30. The van der Waals surface area contributed by atoms with Crippen LogP contribution in [0.3, 0.4) is 0 Å². The highest BCUT2D eigenvalue weighted by atomic mass is 35.5. The molecule has 3 aromatic rings. The van der Waals surface area contributed by atoms with Crippen LogP contribution < -0.4 is 14.8 Å². The van der Waals surface area contributed by atoms with Crippen LogP contribution in [0.15, 0.2) is 53.7 Å². The number of nitrogens with zero attached hydrogens (tertiary/aromatic N) is 4. The van der Waals surface area contributed by atoms with Crippen LogP contribution in [0.1, 0.15) is 0 Å². The molecule has 0 saturated carbocycles. The summed E-state index contributed by atoms with van der Waals surface area (Å²) in [6.07, 6.45) is 3.41. The number of sulfonamides is 1. The van der Waals surface area contributed by atoms with Crippen molar-refractivity contribution < 1.29 is 13.2 Å². The quantitative estimate of drug-likeness (QED) is 0.546. The van der Waals surface area contributed by atoms with E-state index in [4.69, 9.17) is 16.3 Å². The summed E-state index contributed by atoms with van der Waals surface area (Å²) in [6.45, 7) is 0.494. The minimum Gasteiger partial charge on any atom is -0.495 e. The van der Waals surface area contributed by atoms with Crippen LogP contribution in [-0.2, 0) is 10.0 Å². The number of aromatic nitrogens is 4. The summed E-state index contributed by atoms with van der Waals surface area (Å²) in [5.74, 6) is 1.52. The number of hydrogen-bond donors (Lipinski definition) is 2. The molecule has 0 aliphatic rings. The first-order valence-electron chi connectivity index (χ1n) is 7.90. The first-order chi connectivity index (χ1) is 13.0. The molecule has 2 N–H and O–H groups in total. The highest BCUT2D eigenvalue weighted by Gasteiger charge is 2.15. The number of benzene rings is 1. The summed E-state index contributed by atoms with van der Waals surface area (Å²) >= 11 is 5.98. The Morgan fingerprint density at radius 1 is 1.19 bits per heavy atom. The van der Waals surface area contributed by atoms with Gasteiger partial charge in [-0.05, 0) is 36.4 Å². The van der Waals surface area contributed by atoms with Gasteiger partial charge in [0, 0.05) is 25.5 Å². The smallest absolute Gasteiger partial charge is 0.240 e. The Morgan fingerprint density at radius 3 is 2.67 bits per heavy atom. The zero-order chi connectivity index (χ0) is 19.3. The third-order valence-electron chi connectivity index (χ3n) is 3.55. The molecule has 0 spiro atoms. The number of ether oxygens (including phenoxy) is 1. The number of halogens is 1.